The molecule has 4 nitrogen and oxygen atoms in total. The Morgan fingerprint density at radius 1 is 0.346 bits per heavy atom. The summed E-state index contributed by atoms with van der Waals surface area (Å²) in [7, 11) is 0. The minimum absolute atomic E-state index is 0.556. The largest absolute Gasteiger partial charge is 0.494 e. The van der Waals surface area contributed by atoms with Crippen molar-refractivity contribution >= 4 is 0 Å². The van der Waals surface area contributed by atoms with Gasteiger partial charge < -0.3 is 18.9 Å². The molecule has 0 saturated carbocycles. The van der Waals surface area contributed by atoms with Crippen LogP contribution in [0, 0.1) is 23.7 Å². The number of benzene rings is 4. The lowest BCUT2D eigenvalue weighted by Gasteiger charge is -2.10. The van der Waals surface area contributed by atoms with E-state index in [4.69, 9.17) is 18.9 Å². The zero-order valence-corrected chi connectivity index (χ0v) is 33.4. The Hall–Kier alpha value is -4.18. The van der Waals surface area contributed by atoms with Crippen molar-refractivity contribution in [2.24, 2.45) is 23.7 Å². The fourth-order valence-corrected chi connectivity index (χ4v) is 5.78. The van der Waals surface area contributed by atoms with Crippen molar-refractivity contribution in [2.75, 3.05) is 26.4 Å². The molecule has 0 spiro atoms. The van der Waals surface area contributed by atoms with Crippen LogP contribution in [0.15, 0.2) is 109 Å². The molecule has 282 valence electrons. The molecular formula is C48H66O4. The van der Waals surface area contributed by atoms with Crippen molar-refractivity contribution in [3.63, 3.8) is 0 Å². The van der Waals surface area contributed by atoms with Gasteiger partial charge in [0.1, 0.15) is 36.2 Å². The van der Waals surface area contributed by atoms with Gasteiger partial charge in [0.25, 0.3) is 0 Å². The van der Waals surface area contributed by atoms with Crippen LogP contribution >= 0.6 is 0 Å². The van der Waals surface area contributed by atoms with E-state index in [1.807, 2.05) is 36.4 Å². The number of hydrogen-bond acceptors (Lipinski definition) is 4. The van der Waals surface area contributed by atoms with E-state index in [9.17, 15) is 0 Å². The first-order valence-electron chi connectivity index (χ1n) is 19.6. The molecule has 0 atom stereocenters. The first kappa shape index (κ1) is 42.2. The van der Waals surface area contributed by atoms with Gasteiger partial charge in [-0.3, -0.25) is 0 Å². The van der Waals surface area contributed by atoms with Gasteiger partial charge in [0.2, 0.25) is 0 Å². The summed E-state index contributed by atoms with van der Waals surface area (Å²) in [6.45, 7) is 20.5. The van der Waals surface area contributed by atoms with Crippen LogP contribution in [0.25, 0.3) is 0 Å². The topological polar surface area (TPSA) is 36.9 Å². The molecular weight excluding hydrogens is 641 g/mol. The lowest BCUT2D eigenvalue weighted by atomic mass is 10.0. The molecule has 4 aromatic rings. The molecule has 0 amide bonds. The Labute approximate surface area is 316 Å². The third-order valence-corrected chi connectivity index (χ3v) is 8.20. The monoisotopic (exact) mass is 706 g/mol. The molecule has 0 saturated heterocycles. The molecule has 0 radical (unpaired) electrons. The molecule has 0 heterocycles. The highest BCUT2D eigenvalue weighted by Gasteiger charge is 2.02. The predicted molar refractivity (Wildman–Crippen MR) is 220 cm³/mol. The molecule has 4 heteroatoms. The minimum atomic E-state index is 0.556. The van der Waals surface area contributed by atoms with Crippen LogP contribution in [0.1, 0.15) is 90.5 Å². The first-order valence-corrected chi connectivity index (χ1v) is 19.6. The van der Waals surface area contributed by atoms with Gasteiger partial charge in [-0.05, 0) is 145 Å². The molecule has 4 aromatic carbocycles. The molecule has 4 rings (SSSR count). The summed E-state index contributed by atoms with van der Waals surface area (Å²) < 4.78 is 23.1. The average Bonchev–Trinajstić information content (AvgIpc) is 3.10. The van der Waals surface area contributed by atoms with Crippen LogP contribution in [0.4, 0.5) is 0 Å². The number of hydrogen-bond donors (Lipinski definition) is 0. The van der Waals surface area contributed by atoms with Gasteiger partial charge in [-0.15, -0.1) is 0 Å². The van der Waals surface area contributed by atoms with Gasteiger partial charge in [-0.1, -0.05) is 104 Å². The second kappa shape index (κ2) is 24.1. The van der Waals surface area contributed by atoms with Crippen molar-refractivity contribution in [1.82, 2.24) is 0 Å². The average molecular weight is 707 g/mol. The lowest BCUT2D eigenvalue weighted by Crippen LogP contribution is -2.03. The Balaban J connectivity index is 0.000000280. The molecule has 0 aliphatic heterocycles. The molecule has 0 fully saturated rings. The quantitative estimate of drug-likeness (QED) is 0.0638. The van der Waals surface area contributed by atoms with Gasteiger partial charge >= 0.3 is 0 Å². The number of ether oxygens (including phenoxy) is 4. The third kappa shape index (κ3) is 18.9. The Morgan fingerprint density at radius 3 is 0.808 bits per heavy atom. The van der Waals surface area contributed by atoms with Gasteiger partial charge in [0, 0.05) is 0 Å². The summed E-state index contributed by atoms with van der Waals surface area (Å²) in [5, 5.41) is 0. The number of rotatable bonds is 21. The van der Waals surface area contributed by atoms with E-state index in [0.717, 1.165) is 74.7 Å². The molecule has 0 N–H and O–H groups in total. The fourth-order valence-electron chi connectivity index (χ4n) is 5.78. The molecule has 0 aromatic heterocycles. The highest BCUT2D eigenvalue weighted by atomic mass is 16.5. The fraction of sp³-hybridized carbons (Fsp3) is 0.458. The van der Waals surface area contributed by atoms with Crippen LogP contribution in [0.3, 0.4) is 0 Å². The molecule has 0 bridgehead atoms. The summed E-state index contributed by atoms with van der Waals surface area (Å²) in [4.78, 5) is 0. The van der Waals surface area contributed by atoms with Crippen LogP contribution in [-0.4, -0.2) is 26.4 Å². The summed E-state index contributed by atoms with van der Waals surface area (Å²) in [5.41, 5.74) is 5.46. The van der Waals surface area contributed by atoms with E-state index in [1.165, 1.54) is 22.3 Å². The van der Waals surface area contributed by atoms with Gasteiger partial charge in [0.05, 0.1) is 13.2 Å². The smallest absolute Gasteiger partial charge is 0.119 e. The van der Waals surface area contributed by atoms with E-state index in [0.29, 0.717) is 36.9 Å². The second-order valence-electron chi connectivity index (χ2n) is 15.5. The van der Waals surface area contributed by atoms with Gasteiger partial charge in [-0.25, -0.2) is 0 Å². The molecule has 52 heavy (non-hydrogen) atoms. The van der Waals surface area contributed by atoms with Crippen LogP contribution < -0.4 is 18.9 Å². The van der Waals surface area contributed by atoms with E-state index in [1.54, 1.807) is 0 Å². The normalized spacial score (nSPS) is 11.3. The second-order valence-corrected chi connectivity index (χ2v) is 15.5. The third-order valence-electron chi connectivity index (χ3n) is 8.20. The Kier molecular flexibility index (Phi) is 19.6. The van der Waals surface area contributed by atoms with E-state index < -0.39 is 0 Å². The predicted octanol–water partition coefficient (Wildman–Crippen LogP) is 12.4. The SMILES string of the molecule is CC(C)Cc1ccc(OC/C=C\COc2ccc(CC(C)C)cc2)cc1.CC(C)Cc1ccc(OCCCCOc2ccc(CC(C)C)cc2)cc1. The minimum Gasteiger partial charge on any atom is -0.494 e. The van der Waals surface area contributed by atoms with Gasteiger partial charge in [-0.2, -0.15) is 0 Å². The van der Waals surface area contributed by atoms with E-state index in [-0.39, 0.29) is 0 Å². The summed E-state index contributed by atoms with van der Waals surface area (Å²) in [5.74, 6) is 6.46. The van der Waals surface area contributed by atoms with Crippen molar-refractivity contribution in [1.29, 1.82) is 0 Å². The zero-order valence-electron chi connectivity index (χ0n) is 33.4. The van der Waals surface area contributed by atoms with Crippen molar-refractivity contribution in [2.45, 2.75) is 93.9 Å². The van der Waals surface area contributed by atoms with E-state index in [2.05, 4.69) is 128 Å². The maximum Gasteiger partial charge on any atom is 0.119 e. The first-order chi connectivity index (χ1) is 25.0. The lowest BCUT2D eigenvalue weighted by molar-refractivity contribution is 0.266. The molecule has 0 unspecified atom stereocenters. The Bertz CT molecular complexity index is 1380. The van der Waals surface area contributed by atoms with Crippen molar-refractivity contribution in [3.8, 4) is 23.0 Å². The maximum atomic E-state index is 5.82. The Morgan fingerprint density at radius 2 is 0.577 bits per heavy atom. The maximum absolute atomic E-state index is 5.82. The van der Waals surface area contributed by atoms with Gasteiger partial charge in [0.15, 0.2) is 0 Å². The van der Waals surface area contributed by atoms with E-state index >= 15 is 0 Å². The highest BCUT2D eigenvalue weighted by molar-refractivity contribution is 5.30. The van der Waals surface area contributed by atoms with Crippen LogP contribution in [-0.2, 0) is 25.7 Å². The highest BCUT2D eigenvalue weighted by Crippen LogP contribution is 2.18. The summed E-state index contributed by atoms with van der Waals surface area (Å²) >= 11 is 0. The zero-order chi connectivity index (χ0) is 37.6. The number of unbranched alkanes of at least 4 members (excludes halogenated alkanes) is 1. The van der Waals surface area contributed by atoms with Crippen LogP contribution in [0.5, 0.6) is 23.0 Å². The molecule has 0 aliphatic rings. The van der Waals surface area contributed by atoms with Crippen molar-refractivity contribution in [3.05, 3.63) is 131 Å². The summed E-state index contributed by atoms with van der Waals surface area (Å²) in [6, 6.07) is 33.7. The van der Waals surface area contributed by atoms with Crippen molar-refractivity contribution < 1.29 is 18.9 Å². The standard InChI is InChI=1S/C24H34O2.C24H32O2/c2*1-19(2)17-21-7-11-23(12-8-21)25-15-5-6-16-26-24-13-9-22(10-14-24)18-20(3)4/h7-14,19-20H,5-6,15-18H2,1-4H3;5-14,19-20H,15-18H2,1-4H3/b;6-5-. The summed E-state index contributed by atoms with van der Waals surface area (Å²) in [6.07, 6.45) is 10.4. The molecule has 0 aliphatic carbocycles. The van der Waals surface area contributed by atoms with Crippen LogP contribution in [0.2, 0.25) is 0 Å².